The molecule has 0 aromatic carbocycles. The summed E-state index contributed by atoms with van der Waals surface area (Å²) >= 11 is 5.79. The number of rotatable bonds is 2. The van der Waals surface area contributed by atoms with E-state index in [1.54, 1.807) is 0 Å². The summed E-state index contributed by atoms with van der Waals surface area (Å²) < 4.78 is 5.70. The van der Waals surface area contributed by atoms with Crippen molar-refractivity contribution in [1.29, 1.82) is 0 Å². The molecule has 0 N–H and O–H groups in total. The maximum atomic E-state index is 5.79. The van der Waals surface area contributed by atoms with E-state index >= 15 is 0 Å². The monoisotopic (exact) mass is 203 g/mol. The van der Waals surface area contributed by atoms with E-state index in [1.807, 2.05) is 0 Å². The molecule has 0 radical (unpaired) electrons. The summed E-state index contributed by atoms with van der Waals surface area (Å²) in [5, 5.41) is 0.702. The van der Waals surface area contributed by atoms with E-state index in [4.69, 9.17) is 16.3 Å². The number of halogens is 1. The van der Waals surface area contributed by atoms with E-state index in [0.29, 0.717) is 17.2 Å². The lowest BCUT2D eigenvalue weighted by atomic mass is 10.1. The average molecular weight is 204 g/mol. The van der Waals surface area contributed by atoms with E-state index in [2.05, 4.69) is 32.3 Å². The van der Waals surface area contributed by atoms with Crippen LogP contribution in [0.2, 0.25) is 0 Å². The number of nitrogens with zero attached hydrogens (tertiary/aromatic N) is 1. The summed E-state index contributed by atoms with van der Waals surface area (Å²) in [7, 11) is 0. The van der Waals surface area contributed by atoms with Crippen molar-refractivity contribution >= 4 is 11.6 Å². The van der Waals surface area contributed by atoms with Gasteiger partial charge >= 0.3 is 0 Å². The summed E-state index contributed by atoms with van der Waals surface area (Å²) in [4.78, 5) is 2.31. The normalized spacial score (nSPS) is 36.2. The highest BCUT2D eigenvalue weighted by atomic mass is 35.5. The third-order valence-electron chi connectivity index (χ3n) is 2.57. The highest BCUT2D eigenvalue weighted by Crippen LogP contribution is 2.19. The van der Waals surface area contributed by atoms with Gasteiger partial charge in [0.25, 0.3) is 0 Å². The molecule has 0 saturated carbocycles. The molecule has 76 valence electrons. The number of hydrogen-bond donors (Lipinski definition) is 0. The first-order valence-corrected chi connectivity index (χ1v) is 5.11. The zero-order chi connectivity index (χ0) is 10.0. The van der Waals surface area contributed by atoms with Gasteiger partial charge in [0, 0.05) is 24.2 Å². The molecule has 3 heteroatoms. The van der Waals surface area contributed by atoms with Crippen molar-refractivity contribution in [3.63, 3.8) is 0 Å². The predicted molar refractivity (Wildman–Crippen MR) is 56.0 cm³/mol. The zero-order valence-electron chi connectivity index (χ0n) is 8.59. The van der Waals surface area contributed by atoms with Crippen molar-refractivity contribution in [1.82, 2.24) is 4.90 Å². The lowest BCUT2D eigenvalue weighted by Gasteiger charge is -2.40. The molecular formula is C10H18ClNO. The molecule has 0 amide bonds. The summed E-state index contributed by atoms with van der Waals surface area (Å²) in [5.41, 5.74) is 0. The topological polar surface area (TPSA) is 12.5 Å². The number of ether oxygens (including phenoxy) is 1. The molecule has 1 aliphatic rings. The van der Waals surface area contributed by atoms with Gasteiger partial charge in [-0.3, -0.25) is 4.90 Å². The molecule has 0 aromatic rings. The Bertz CT molecular complexity index is 195. The highest BCUT2D eigenvalue weighted by Gasteiger charge is 2.29. The Balaban J connectivity index is 2.55. The Morgan fingerprint density at radius 1 is 1.54 bits per heavy atom. The minimum atomic E-state index is 0.278. The van der Waals surface area contributed by atoms with Gasteiger partial charge in [-0.05, 0) is 20.8 Å². The Kier molecular flexibility index (Phi) is 3.77. The van der Waals surface area contributed by atoms with Crippen LogP contribution in [0.5, 0.6) is 0 Å². The molecular weight excluding hydrogens is 186 g/mol. The van der Waals surface area contributed by atoms with Crippen LogP contribution in [0.1, 0.15) is 20.8 Å². The zero-order valence-corrected chi connectivity index (χ0v) is 9.34. The van der Waals surface area contributed by atoms with Crippen molar-refractivity contribution in [2.24, 2.45) is 0 Å². The summed E-state index contributed by atoms with van der Waals surface area (Å²) in [5.74, 6) is 0. The Morgan fingerprint density at radius 2 is 2.15 bits per heavy atom. The molecule has 13 heavy (non-hydrogen) atoms. The van der Waals surface area contributed by atoms with Crippen molar-refractivity contribution in [3.8, 4) is 0 Å². The quantitative estimate of drug-likeness (QED) is 0.683. The average Bonchev–Trinajstić information content (AvgIpc) is 1.98. The summed E-state index contributed by atoms with van der Waals surface area (Å²) in [6.07, 6.45) is 0.571. The molecule has 3 atom stereocenters. The molecule has 0 aliphatic carbocycles. The van der Waals surface area contributed by atoms with Gasteiger partial charge in [-0.1, -0.05) is 18.2 Å². The first-order valence-electron chi connectivity index (χ1n) is 4.73. The van der Waals surface area contributed by atoms with Crippen LogP contribution < -0.4 is 0 Å². The summed E-state index contributed by atoms with van der Waals surface area (Å²) in [6, 6.07) is 0.423. The van der Waals surface area contributed by atoms with Crippen molar-refractivity contribution in [2.75, 3.05) is 13.1 Å². The van der Waals surface area contributed by atoms with E-state index in [-0.39, 0.29) is 6.10 Å². The molecule has 0 aromatic heterocycles. The minimum Gasteiger partial charge on any atom is -0.373 e. The van der Waals surface area contributed by atoms with E-state index in [1.165, 1.54) is 0 Å². The Labute approximate surface area is 85.5 Å². The van der Waals surface area contributed by atoms with Crippen LogP contribution >= 0.6 is 11.6 Å². The van der Waals surface area contributed by atoms with Crippen molar-refractivity contribution in [2.45, 2.75) is 39.0 Å². The molecule has 1 fully saturated rings. The smallest absolute Gasteiger partial charge is 0.0703 e. The maximum absolute atomic E-state index is 5.79. The van der Waals surface area contributed by atoms with Crippen LogP contribution in [0.25, 0.3) is 0 Å². The predicted octanol–water partition coefficient (Wildman–Crippen LogP) is 2.24. The van der Waals surface area contributed by atoms with Crippen LogP contribution in [0.4, 0.5) is 0 Å². The summed E-state index contributed by atoms with van der Waals surface area (Å²) in [6.45, 7) is 11.8. The van der Waals surface area contributed by atoms with Crippen LogP contribution in [-0.2, 0) is 4.74 Å². The van der Waals surface area contributed by atoms with Crippen molar-refractivity contribution < 1.29 is 4.74 Å². The van der Waals surface area contributed by atoms with Crippen LogP contribution in [0.15, 0.2) is 11.6 Å². The van der Waals surface area contributed by atoms with E-state index < -0.39 is 0 Å². The SMILES string of the molecule is C=C(Cl)CN1CC(C)OC(C)C1C. The third kappa shape index (κ3) is 2.97. The van der Waals surface area contributed by atoms with E-state index in [0.717, 1.165) is 13.1 Å². The number of morpholine rings is 1. The van der Waals surface area contributed by atoms with Crippen LogP contribution in [0.3, 0.4) is 0 Å². The fourth-order valence-corrected chi connectivity index (χ4v) is 1.90. The Hall–Kier alpha value is -0.0500. The van der Waals surface area contributed by atoms with Crippen LogP contribution in [-0.4, -0.2) is 36.2 Å². The highest BCUT2D eigenvalue weighted by molar-refractivity contribution is 6.29. The van der Waals surface area contributed by atoms with E-state index in [9.17, 15) is 0 Å². The Morgan fingerprint density at radius 3 is 2.69 bits per heavy atom. The maximum Gasteiger partial charge on any atom is 0.0703 e. The van der Waals surface area contributed by atoms with Gasteiger partial charge in [0.15, 0.2) is 0 Å². The number of hydrogen-bond acceptors (Lipinski definition) is 2. The molecule has 1 saturated heterocycles. The fraction of sp³-hybridized carbons (Fsp3) is 0.800. The van der Waals surface area contributed by atoms with Gasteiger partial charge in [-0.25, -0.2) is 0 Å². The van der Waals surface area contributed by atoms with Gasteiger partial charge in [-0.2, -0.15) is 0 Å². The second-order valence-electron chi connectivity index (χ2n) is 3.84. The molecule has 0 bridgehead atoms. The van der Waals surface area contributed by atoms with Crippen molar-refractivity contribution in [3.05, 3.63) is 11.6 Å². The van der Waals surface area contributed by atoms with Gasteiger partial charge in [0.1, 0.15) is 0 Å². The standard InChI is InChI=1S/C10H18ClNO/c1-7(11)5-12-6-8(2)13-10(4)9(12)3/h8-10H,1,5-6H2,2-4H3. The second kappa shape index (κ2) is 4.45. The third-order valence-corrected chi connectivity index (χ3v) is 2.69. The largest absolute Gasteiger partial charge is 0.373 e. The second-order valence-corrected chi connectivity index (χ2v) is 4.37. The lowest BCUT2D eigenvalue weighted by Crippen LogP contribution is -2.51. The molecule has 1 heterocycles. The van der Waals surface area contributed by atoms with Crippen LogP contribution in [0, 0.1) is 0 Å². The van der Waals surface area contributed by atoms with Gasteiger partial charge in [-0.15, -0.1) is 0 Å². The fourth-order valence-electron chi connectivity index (χ4n) is 1.75. The lowest BCUT2D eigenvalue weighted by molar-refractivity contribution is -0.0956. The minimum absolute atomic E-state index is 0.278. The van der Waals surface area contributed by atoms with Gasteiger partial charge in [0.2, 0.25) is 0 Å². The molecule has 2 nitrogen and oxygen atoms in total. The first kappa shape index (κ1) is 11.0. The molecule has 0 spiro atoms. The molecule has 3 unspecified atom stereocenters. The molecule has 1 aliphatic heterocycles. The first-order chi connectivity index (χ1) is 6.00. The molecule has 1 rings (SSSR count). The van der Waals surface area contributed by atoms with Gasteiger partial charge in [0.05, 0.1) is 12.2 Å². The van der Waals surface area contributed by atoms with Gasteiger partial charge < -0.3 is 4.74 Å².